The van der Waals surface area contributed by atoms with Gasteiger partial charge >= 0.3 is 0 Å². The first-order chi connectivity index (χ1) is 10.1. The van der Waals surface area contributed by atoms with Crippen molar-refractivity contribution >= 4 is 18.1 Å². The highest BCUT2D eigenvalue weighted by Crippen LogP contribution is 2.34. The van der Waals surface area contributed by atoms with E-state index in [-0.39, 0.29) is 21.8 Å². The highest BCUT2D eigenvalue weighted by atomic mass is 32.1. The molecule has 2 fully saturated rings. The smallest absolute Gasteiger partial charge is 0.274 e. The fourth-order valence-electron chi connectivity index (χ4n) is 3.32. The summed E-state index contributed by atoms with van der Waals surface area (Å²) in [6.45, 7) is 1.72. The van der Waals surface area contributed by atoms with Gasteiger partial charge in [-0.2, -0.15) is 4.73 Å². The summed E-state index contributed by atoms with van der Waals surface area (Å²) >= 11 is 5.00. The van der Waals surface area contributed by atoms with Gasteiger partial charge in [0.15, 0.2) is 0 Å². The third-order valence-corrected chi connectivity index (χ3v) is 4.76. The van der Waals surface area contributed by atoms with Crippen LogP contribution in [0.2, 0.25) is 0 Å². The molecular formula is C15H20N2O3S. The standard InChI is InChI=1S/C15H20N2O3S/c18-14(12-5-4-6-13(21)17(12)19)16-9-10-20-15(11-16)7-2-1-3-8-15/h4-6,19H,1-3,7-11H2. The Morgan fingerprint density at radius 1 is 1.29 bits per heavy atom. The minimum Gasteiger partial charge on any atom is -0.427 e. The SMILES string of the molecule is O=C(c1cccc(=S)n1O)N1CCOC2(CCCCC2)C1. The van der Waals surface area contributed by atoms with E-state index >= 15 is 0 Å². The Kier molecular flexibility index (Phi) is 3.99. The number of pyridine rings is 1. The second kappa shape index (κ2) is 5.77. The Hall–Kier alpha value is -1.40. The van der Waals surface area contributed by atoms with Gasteiger partial charge in [0, 0.05) is 6.54 Å². The molecule has 0 bridgehead atoms. The van der Waals surface area contributed by atoms with Gasteiger partial charge in [-0.25, -0.2) is 0 Å². The molecule has 1 spiro atoms. The largest absolute Gasteiger partial charge is 0.427 e. The zero-order chi connectivity index (χ0) is 14.9. The molecule has 6 heteroatoms. The van der Waals surface area contributed by atoms with E-state index in [1.165, 1.54) is 6.42 Å². The minimum absolute atomic E-state index is 0.183. The summed E-state index contributed by atoms with van der Waals surface area (Å²) in [5.74, 6) is -0.183. The Bertz CT molecular complexity index is 587. The number of ether oxygens (including phenoxy) is 1. The van der Waals surface area contributed by atoms with Crippen molar-refractivity contribution in [2.45, 2.75) is 37.7 Å². The average Bonchev–Trinajstić information content (AvgIpc) is 2.50. The van der Waals surface area contributed by atoms with Crippen molar-refractivity contribution in [2.75, 3.05) is 19.7 Å². The number of carbonyl (C=O) groups excluding carboxylic acids is 1. The zero-order valence-corrected chi connectivity index (χ0v) is 12.8. The quantitative estimate of drug-likeness (QED) is 0.640. The first kappa shape index (κ1) is 14.5. The number of hydrogen-bond acceptors (Lipinski definition) is 4. The van der Waals surface area contributed by atoms with Crippen LogP contribution in [-0.2, 0) is 4.74 Å². The van der Waals surface area contributed by atoms with Gasteiger partial charge in [-0.15, -0.1) is 0 Å². The van der Waals surface area contributed by atoms with Crippen molar-refractivity contribution in [1.82, 2.24) is 9.63 Å². The predicted molar refractivity (Wildman–Crippen MR) is 80.1 cm³/mol. The van der Waals surface area contributed by atoms with Crippen LogP contribution in [0.5, 0.6) is 0 Å². The lowest BCUT2D eigenvalue weighted by Crippen LogP contribution is -2.54. The lowest BCUT2D eigenvalue weighted by atomic mass is 9.83. The first-order valence-electron chi connectivity index (χ1n) is 7.46. The number of carbonyl (C=O) groups is 1. The normalized spacial score (nSPS) is 21.4. The van der Waals surface area contributed by atoms with E-state index in [0.717, 1.165) is 30.4 Å². The molecule has 0 unspecified atom stereocenters. The Morgan fingerprint density at radius 3 is 2.81 bits per heavy atom. The topological polar surface area (TPSA) is 54.7 Å². The van der Waals surface area contributed by atoms with Crippen molar-refractivity contribution in [3.05, 3.63) is 28.5 Å². The van der Waals surface area contributed by atoms with Crippen LogP contribution >= 0.6 is 12.2 Å². The van der Waals surface area contributed by atoms with Crippen molar-refractivity contribution in [3.8, 4) is 0 Å². The third kappa shape index (κ3) is 2.82. The molecule has 2 aliphatic rings. The monoisotopic (exact) mass is 308 g/mol. The fourth-order valence-corrected chi connectivity index (χ4v) is 3.50. The lowest BCUT2D eigenvalue weighted by molar-refractivity contribution is -0.118. The molecule has 1 N–H and O–H groups in total. The fraction of sp³-hybridized carbons (Fsp3) is 0.600. The van der Waals surface area contributed by atoms with Gasteiger partial charge in [-0.05, 0) is 25.0 Å². The summed E-state index contributed by atoms with van der Waals surface area (Å²) in [5, 5.41) is 9.93. The van der Waals surface area contributed by atoms with Gasteiger partial charge in [-0.1, -0.05) is 37.5 Å². The summed E-state index contributed by atoms with van der Waals surface area (Å²) in [7, 11) is 0. The molecule has 0 atom stereocenters. The molecule has 1 aromatic heterocycles. The molecule has 0 aromatic carbocycles. The van der Waals surface area contributed by atoms with Gasteiger partial charge < -0.3 is 14.8 Å². The van der Waals surface area contributed by atoms with Gasteiger partial charge in [0.2, 0.25) is 0 Å². The van der Waals surface area contributed by atoms with E-state index in [2.05, 4.69) is 0 Å². The van der Waals surface area contributed by atoms with E-state index in [1.807, 2.05) is 0 Å². The average molecular weight is 308 g/mol. The zero-order valence-electron chi connectivity index (χ0n) is 12.0. The van der Waals surface area contributed by atoms with Crippen LogP contribution in [-0.4, -0.2) is 46.0 Å². The Balaban J connectivity index is 1.81. The second-order valence-electron chi connectivity index (χ2n) is 5.88. The van der Waals surface area contributed by atoms with Crippen LogP contribution in [0.3, 0.4) is 0 Å². The Morgan fingerprint density at radius 2 is 2.05 bits per heavy atom. The van der Waals surface area contributed by atoms with Crippen LogP contribution in [0.15, 0.2) is 18.2 Å². The van der Waals surface area contributed by atoms with E-state index in [1.54, 1.807) is 23.1 Å². The van der Waals surface area contributed by atoms with E-state index in [9.17, 15) is 10.0 Å². The highest BCUT2D eigenvalue weighted by molar-refractivity contribution is 7.71. The maximum Gasteiger partial charge on any atom is 0.274 e. The summed E-state index contributed by atoms with van der Waals surface area (Å²) in [5.41, 5.74) is 0.0354. The molecule has 2 heterocycles. The molecule has 1 aliphatic heterocycles. The summed E-state index contributed by atoms with van der Waals surface area (Å²) in [6, 6.07) is 4.88. The maximum atomic E-state index is 12.6. The van der Waals surface area contributed by atoms with Gasteiger partial charge in [0.05, 0.1) is 18.8 Å². The lowest BCUT2D eigenvalue weighted by Gasteiger charge is -2.45. The van der Waals surface area contributed by atoms with Gasteiger partial charge in [-0.3, -0.25) is 4.79 Å². The molecule has 3 rings (SSSR count). The van der Waals surface area contributed by atoms with Gasteiger partial charge in [0.25, 0.3) is 5.91 Å². The number of amides is 1. The molecule has 1 saturated heterocycles. The summed E-state index contributed by atoms with van der Waals surface area (Å²) in [6.07, 6.45) is 5.58. The van der Waals surface area contributed by atoms with Crippen molar-refractivity contribution < 1.29 is 14.7 Å². The number of hydrogen-bond donors (Lipinski definition) is 1. The maximum absolute atomic E-state index is 12.6. The highest BCUT2D eigenvalue weighted by Gasteiger charge is 2.39. The molecule has 114 valence electrons. The third-order valence-electron chi connectivity index (χ3n) is 4.45. The second-order valence-corrected chi connectivity index (χ2v) is 6.30. The molecule has 21 heavy (non-hydrogen) atoms. The summed E-state index contributed by atoms with van der Waals surface area (Å²) in [4.78, 5) is 14.4. The number of rotatable bonds is 1. The van der Waals surface area contributed by atoms with Crippen LogP contribution in [0, 0.1) is 4.64 Å². The van der Waals surface area contributed by atoms with E-state index < -0.39 is 0 Å². The molecule has 5 nitrogen and oxygen atoms in total. The molecule has 1 amide bonds. The van der Waals surface area contributed by atoms with Crippen molar-refractivity contribution in [2.24, 2.45) is 0 Å². The van der Waals surface area contributed by atoms with Gasteiger partial charge in [0.1, 0.15) is 10.3 Å². The van der Waals surface area contributed by atoms with E-state index in [4.69, 9.17) is 17.0 Å². The number of nitrogens with zero attached hydrogens (tertiary/aromatic N) is 2. The number of morpholine rings is 1. The van der Waals surface area contributed by atoms with Crippen molar-refractivity contribution in [1.29, 1.82) is 0 Å². The van der Waals surface area contributed by atoms with Crippen LogP contribution in [0.4, 0.5) is 0 Å². The minimum atomic E-state index is -0.183. The molecule has 1 aromatic rings. The van der Waals surface area contributed by atoms with Crippen LogP contribution in [0.1, 0.15) is 42.6 Å². The predicted octanol–water partition coefficient (Wildman–Crippen LogP) is 2.63. The first-order valence-corrected chi connectivity index (χ1v) is 7.87. The molecule has 1 saturated carbocycles. The van der Waals surface area contributed by atoms with Crippen molar-refractivity contribution in [3.63, 3.8) is 0 Å². The molecule has 0 radical (unpaired) electrons. The Labute approximate surface area is 129 Å². The molecular weight excluding hydrogens is 288 g/mol. The van der Waals surface area contributed by atoms with Crippen LogP contribution in [0.25, 0.3) is 0 Å². The summed E-state index contributed by atoms with van der Waals surface area (Å²) < 4.78 is 7.02. The molecule has 1 aliphatic carbocycles. The van der Waals surface area contributed by atoms with E-state index in [0.29, 0.717) is 19.7 Å². The number of aromatic nitrogens is 1. The van der Waals surface area contributed by atoms with Crippen LogP contribution < -0.4 is 0 Å².